The van der Waals surface area contributed by atoms with Crippen LogP contribution in [0.5, 0.6) is 0 Å². The Morgan fingerprint density at radius 2 is 1.94 bits per heavy atom. The molecule has 17 heavy (non-hydrogen) atoms. The largest absolute Gasteiger partial charge is 0.113 e. The summed E-state index contributed by atoms with van der Waals surface area (Å²) in [4.78, 5) is 1.54. The average molecular weight is 244 g/mol. The van der Waals surface area contributed by atoms with Crippen molar-refractivity contribution in [2.24, 2.45) is 16.7 Å². The SMILES string of the molecule is CC1(C)[C@H]2CC[C@@](C)(C2)[C@]12Sc1ccccc12. The molecule has 2 fully saturated rings. The van der Waals surface area contributed by atoms with Gasteiger partial charge in [0.2, 0.25) is 0 Å². The molecule has 2 saturated carbocycles. The van der Waals surface area contributed by atoms with E-state index in [0.29, 0.717) is 15.6 Å². The maximum Gasteiger partial charge on any atom is 0.0573 e. The van der Waals surface area contributed by atoms with Gasteiger partial charge in [-0.3, -0.25) is 0 Å². The third-order valence-corrected chi connectivity index (χ3v) is 8.17. The summed E-state index contributed by atoms with van der Waals surface area (Å²) in [6.45, 7) is 7.58. The summed E-state index contributed by atoms with van der Waals surface area (Å²) in [5.74, 6) is 0.938. The Bertz CT molecular complexity index is 497. The van der Waals surface area contributed by atoms with Crippen molar-refractivity contribution in [1.82, 2.24) is 0 Å². The van der Waals surface area contributed by atoms with Crippen molar-refractivity contribution in [2.45, 2.75) is 49.7 Å². The Morgan fingerprint density at radius 1 is 1.18 bits per heavy atom. The molecule has 3 aliphatic rings. The van der Waals surface area contributed by atoms with E-state index < -0.39 is 0 Å². The molecule has 1 aromatic rings. The van der Waals surface area contributed by atoms with Crippen LogP contribution in [-0.4, -0.2) is 0 Å². The lowest BCUT2D eigenvalue weighted by atomic mass is 9.60. The zero-order valence-electron chi connectivity index (χ0n) is 10.9. The molecule has 0 saturated heterocycles. The van der Waals surface area contributed by atoms with Gasteiger partial charge in [0.15, 0.2) is 0 Å². The van der Waals surface area contributed by atoms with Crippen LogP contribution in [0.25, 0.3) is 0 Å². The lowest BCUT2D eigenvalue weighted by Gasteiger charge is -2.59. The van der Waals surface area contributed by atoms with Crippen LogP contribution in [-0.2, 0) is 4.75 Å². The number of fused-ring (bicyclic) bond motifs is 5. The third kappa shape index (κ3) is 0.896. The van der Waals surface area contributed by atoms with Gasteiger partial charge in [-0.2, -0.15) is 0 Å². The van der Waals surface area contributed by atoms with Crippen LogP contribution in [0.2, 0.25) is 0 Å². The van der Waals surface area contributed by atoms with E-state index in [4.69, 9.17) is 0 Å². The second-order valence-corrected chi connectivity index (χ2v) is 8.26. The molecule has 1 heteroatoms. The van der Waals surface area contributed by atoms with Gasteiger partial charge in [0.1, 0.15) is 0 Å². The molecule has 0 N–H and O–H groups in total. The van der Waals surface area contributed by atoms with Gasteiger partial charge in [0.25, 0.3) is 0 Å². The van der Waals surface area contributed by atoms with Crippen LogP contribution < -0.4 is 0 Å². The standard InChI is InChI=1S/C16H20S/c1-14(2)11-8-9-15(3,10-11)16(14)12-6-4-5-7-13(12)17-16/h4-7,11H,8-10H2,1-3H3/t11-,15-,16+/m0/s1. The first-order valence-corrected chi connectivity index (χ1v) is 7.61. The van der Waals surface area contributed by atoms with Crippen molar-refractivity contribution in [2.75, 3.05) is 0 Å². The highest BCUT2D eigenvalue weighted by molar-refractivity contribution is 8.01. The Labute approximate surface area is 108 Å². The lowest BCUT2D eigenvalue weighted by molar-refractivity contribution is 0.0983. The first-order chi connectivity index (χ1) is 8.01. The van der Waals surface area contributed by atoms with Crippen molar-refractivity contribution in [3.05, 3.63) is 29.8 Å². The van der Waals surface area contributed by atoms with Crippen LogP contribution in [0.1, 0.15) is 45.6 Å². The summed E-state index contributed by atoms with van der Waals surface area (Å²) in [6.07, 6.45) is 4.33. The monoisotopic (exact) mass is 244 g/mol. The summed E-state index contributed by atoms with van der Waals surface area (Å²) in [6, 6.07) is 9.10. The van der Waals surface area contributed by atoms with Crippen molar-refractivity contribution >= 4 is 11.8 Å². The molecule has 0 aromatic heterocycles. The molecule has 0 nitrogen and oxygen atoms in total. The summed E-state index contributed by atoms with van der Waals surface area (Å²) in [5.41, 5.74) is 2.67. The maximum absolute atomic E-state index is 2.55. The predicted molar refractivity (Wildman–Crippen MR) is 73.2 cm³/mol. The Kier molecular flexibility index (Phi) is 1.71. The molecule has 90 valence electrons. The van der Waals surface area contributed by atoms with Crippen LogP contribution >= 0.6 is 11.8 Å². The van der Waals surface area contributed by atoms with Crippen molar-refractivity contribution in [3.8, 4) is 0 Å². The quantitative estimate of drug-likeness (QED) is 0.629. The van der Waals surface area contributed by atoms with Crippen molar-refractivity contribution in [3.63, 3.8) is 0 Å². The molecule has 3 atom stereocenters. The second kappa shape index (κ2) is 2.77. The third-order valence-electron chi connectivity index (χ3n) is 6.05. The minimum atomic E-state index is 0.416. The molecule has 1 aliphatic heterocycles. The summed E-state index contributed by atoms with van der Waals surface area (Å²) in [7, 11) is 0. The Balaban J connectivity index is 1.96. The van der Waals surface area contributed by atoms with E-state index in [1.54, 1.807) is 5.56 Å². The van der Waals surface area contributed by atoms with Gasteiger partial charge in [0, 0.05) is 4.90 Å². The van der Waals surface area contributed by atoms with Crippen LogP contribution in [0.3, 0.4) is 0 Å². The zero-order chi connectivity index (χ0) is 11.9. The fourth-order valence-corrected chi connectivity index (χ4v) is 6.99. The van der Waals surface area contributed by atoms with E-state index in [0.717, 1.165) is 5.92 Å². The minimum Gasteiger partial charge on any atom is -0.113 e. The lowest BCUT2D eigenvalue weighted by Crippen LogP contribution is -2.52. The second-order valence-electron chi connectivity index (χ2n) is 7.00. The molecule has 2 bridgehead atoms. The van der Waals surface area contributed by atoms with Gasteiger partial charge in [0.05, 0.1) is 4.75 Å². The van der Waals surface area contributed by atoms with E-state index in [-0.39, 0.29) is 0 Å². The molecule has 1 heterocycles. The normalized spacial score (nSPS) is 44.8. The van der Waals surface area contributed by atoms with Gasteiger partial charge in [-0.25, -0.2) is 0 Å². The van der Waals surface area contributed by atoms with E-state index in [2.05, 4.69) is 56.8 Å². The molecule has 1 aromatic carbocycles. The molecule has 0 amide bonds. The summed E-state index contributed by atoms with van der Waals surface area (Å²) < 4.78 is 0.416. The smallest absolute Gasteiger partial charge is 0.0573 e. The van der Waals surface area contributed by atoms with Gasteiger partial charge in [-0.15, -0.1) is 11.8 Å². The molecule has 2 aliphatic carbocycles. The maximum atomic E-state index is 2.55. The first kappa shape index (κ1) is 10.5. The van der Waals surface area contributed by atoms with Crippen LogP contribution in [0.15, 0.2) is 29.2 Å². The van der Waals surface area contributed by atoms with Gasteiger partial charge >= 0.3 is 0 Å². The highest BCUT2D eigenvalue weighted by atomic mass is 32.2. The number of thioether (sulfide) groups is 1. The fourth-order valence-electron chi connectivity index (χ4n) is 5.19. The van der Waals surface area contributed by atoms with E-state index in [1.807, 2.05) is 0 Å². The number of hydrogen-bond acceptors (Lipinski definition) is 1. The van der Waals surface area contributed by atoms with Gasteiger partial charge in [-0.1, -0.05) is 39.0 Å². The zero-order valence-corrected chi connectivity index (χ0v) is 11.7. The Morgan fingerprint density at radius 3 is 2.59 bits per heavy atom. The van der Waals surface area contributed by atoms with Crippen LogP contribution in [0.4, 0.5) is 0 Å². The van der Waals surface area contributed by atoms with E-state index >= 15 is 0 Å². The van der Waals surface area contributed by atoms with Gasteiger partial charge in [-0.05, 0) is 47.6 Å². The molecular weight excluding hydrogens is 224 g/mol. The van der Waals surface area contributed by atoms with Gasteiger partial charge < -0.3 is 0 Å². The van der Waals surface area contributed by atoms with E-state index in [1.165, 1.54) is 24.2 Å². The molecular formula is C16H20S. The minimum absolute atomic E-state index is 0.416. The van der Waals surface area contributed by atoms with Crippen molar-refractivity contribution < 1.29 is 0 Å². The number of rotatable bonds is 0. The van der Waals surface area contributed by atoms with Crippen LogP contribution in [0, 0.1) is 16.7 Å². The van der Waals surface area contributed by atoms with Crippen molar-refractivity contribution in [1.29, 1.82) is 0 Å². The number of benzene rings is 1. The topological polar surface area (TPSA) is 0 Å². The number of hydrogen-bond donors (Lipinski definition) is 0. The molecule has 0 radical (unpaired) electrons. The molecule has 0 unspecified atom stereocenters. The Hall–Kier alpha value is -0.430. The first-order valence-electron chi connectivity index (χ1n) is 6.80. The summed E-state index contributed by atoms with van der Waals surface area (Å²) >= 11 is 2.18. The predicted octanol–water partition coefficient (Wildman–Crippen LogP) is 4.83. The summed E-state index contributed by atoms with van der Waals surface area (Å²) in [5, 5.41) is 0. The fraction of sp³-hybridized carbons (Fsp3) is 0.625. The average Bonchev–Trinajstić information content (AvgIpc) is 2.70. The highest BCUT2D eigenvalue weighted by Gasteiger charge is 2.73. The highest BCUT2D eigenvalue weighted by Crippen LogP contribution is 2.82. The molecule has 1 spiro atoms. The molecule has 4 rings (SSSR count). The van der Waals surface area contributed by atoms with E-state index in [9.17, 15) is 0 Å².